The Labute approximate surface area is 164 Å². The minimum Gasteiger partial charge on any atom is -0.480 e. The summed E-state index contributed by atoms with van der Waals surface area (Å²) in [6.07, 6.45) is 0.815. The van der Waals surface area contributed by atoms with Crippen LogP contribution in [0.25, 0.3) is 0 Å². The molecule has 1 amide bonds. The van der Waals surface area contributed by atoms with Crippen LogP contribution in [0.2, 0.25) is 0 Å². The van der Waals surface area contributed by atoms with Crippen molar-refractivity contribution in [1.29, 1.82) is 0 Å². The minimum atomic E-state index is -1.02. The summed E-state index contributed by atoms with van der Waals surface area (Å²) in [7, 11) is 0. The van der Waals surface area contributed by atoms with Crippen LogP contribution < -0.4 is 0 Å². The zero-order valence-electron chi connectivity index (χ0n) is 16.6. The number of ether oxygens (including phenoxy) is 1. The molecule has 2 heterocycles. The Hall–Kier alpha value is -2.67. The summed E-state index contributed by atoms with van der Waals surface area (Å²) in [4.78, 5) is 25.4. The van der Waals surface area contributed by atoms with E-state index in [2.05, 4.69) is 36.3 Å². The van der Waals surface area contributed by atoms with Gasteiger partial charge >= 0.3 is 5.97 Å². The fourth-order valence-electron chi connectivity index (χ4n) is 3.60. The molecule has 3 rings (SSSR count). The number of aryl methyl sites for hydroxylation is 2. The van der Waals surface area contributed by atoms with Crippen molar-refractivity contribution < 1.29 is 19.4 Å². The summed E-state index contributed by atoms with van der Waals surface area (Å²) in [6.45, 7) is 7.46. The summed E-state index contributed by atoms with van der Waals surface area (Å²) in [5.41, 5.74) is 5.41. The van der Waals surface area contributed by atoms with E-state index in [-0.39, 0.29) is 18.9 Å². The number of hydrogen-bond acceptors (Lipinski definition) is 4. The molecular weight excluding hydrogens is 358 g/mol. The van der Waals surface area contributed by atoms with Crippen LogP contribution in [0.15, 0.2) is 24.3 Å². The molecule has 0 spiro atoms. The zero-order chi connectivity index (χ0) is 20.3. The van der Waals surface area contributed by atoms with Gasteiger partial charge in [0, 0.05) is 18.7 Å². The van der Waals surface area contributed by atoms with Crippen LogP contribution in [-0.4, -0.2) is 57.5 Å². The Morgan fingerprint density at radius 3 is 2.61 bits per heavy atom. The number of rotatable bonds is 6. The second kappa shape index (κ2) is 8.56. The van der Waals surface area contributed by atoms with Crippen molar-refractivity contribution in [3.05, 3.63) is 52.3 Å². The molecule has 0 saturated carbocycles. The van der Waals surface area contributed by atoms with Gasteiger partial charge in [-0.15, -0.1) is 0 Å². The van der Waals surface area contributed by atoms with Crippen molar-refractivity contribution in [2.24, 2.45) is 0 Å². The van der Waals surface area contributed by atoms with Gasteiger partial charge in [0.25, 0.3) is 0 Å². The summed E-state index contributed by atoms with van der Waals surface area (Å²) in [5.74, 6) is -1.17. The second-order valence-electron chi connectivity index (χ2n) is 7.31. The molecule has 1 saturated heterocycles. The SMILES string of the molecule is Cc1ccc(Cn2nc(C)c(CCC(=O)N3CCOC[C@@H]3C(=O)O)c2C)cc1. The van der Waals surface area contributed by atoms with Crippen molar-refractivity contribution in [3.63, 3.8) is 0 Å². The van der Waals surface area contributed by atoms with Gasteiger partial charge in [-0.05, 0) is 38.3 Å². The summed E-state index contributed by atoms with van der Waals surface area (Å²) < 4.78 is 7.17. The van der Waals surface area contributed by atoms with E-state index in [4.69, 9.17) is 4.74 Å². The number of nitrogens with zero attached hydrogens (tertiary/aromatic N) is 3. The predicted octanol–water partition coefficient (Wildman–Crippen LogP) is 2.10. The van der Waals surface area contributed by atoms with Crippen LogP contribution in [0.3, 0.4) is 0 Å². The number of amides is 1. The molecule has 0 unspecified atom stereocenters. The maximum atomic E-state index is 12.6. The Balaban J connectivity index is 1.67. The highest BCUT2D eigenvalue weighted by Gasteiger charge is 2.32. The highest BCUT2D eigenvalue weighted by Crippen LogP contribution is 2.18. The van der Waals surface area contributed by atoms with E-state index < -0.39 is 12.0 Å². The molecule has 1 aliphatic heterocycles. The quantitative estimate of drug-likeness (QED) is 0.823. The highest BCUT2D eigenvalue weighted by molar-refractivity contribution is 5.84. The highest BCUT2D eigenvalue weighted by atomic mass is 16.5. The lowest BCUT2D eigenvalue weighted by Crippen LogP contribution is -2.52. The average Bonchev–Trinajstić information content (AvgIpc) is 2.94. The van der Waals surface area contributed by atoms with Gasteiger partial charge in [0.2, 0.25) is 5.91 Å². The molecule has 7 heteroatoms. The monoisotopic (exact) mass is 385 g/mol. The first-order valence-electron chi connectivity index (χ1n) is 9.55. The van der Waals surface area contributed by atoms with Crippen molar-refractivity contribution >= 4 is 11.9 Å². The Bertz CT molecular complexity index is 857. The molecule has 28 heavy (non-hydrogen) atoms. The number of hydrogen-bond donors (Lipinski definition) is 1. The first-order chi connectivity index (χ1) is 13.4. The summed E-state index contributed by atoms with van der Waals surface area (Å²) in [5, 5.41) is 13.9. The molecule has 1 fully saturated rings. The number of morpholine rings is 1. The van der Waals surface area contributed by atoms with E-state index in [0.29, 0.717) is 26.1 Å². The van der Waals surface area contributed by atoms with Gasteiger partial charge in [-0.3, -0.25) is 9.48 Å². The molecule has 0 bridgehead atoms. The molecule has 1 aliphatic rings. The normalized spacial score (nSPS) is 17.0. The third-order valence-electron chi connectivity index (χ3n) is 5.31. The van der Waals surface area contributed by atoms with Gasteiger partial charge in [0.15, 0.2) is 6.04 Å². The largest absolute Gasteiger partial charge is 0.480 e. The molecule has 1 N–H and O–H groups in total. The molecular formula is C21H27N3O4. The molecule has 150 valence electrons. The third kappa shape index (κ3) is 4.42. The van der Waals surface area contributed by atoms with E-state index in [0.717, 1.165) is 17.0 Å². The molecule has 2 aromatic rings. The molecule has 7 nitrogen and oxygen atoms in total. The van der Waals surface area contributed by atoms with Gasteiger partial charge in [0.1, 0.15) is 0 Å². The maximum Gasteiger partial charge on any atom is 0.328 e. The summed E-state index contributed by atoms with van der Waals surface area (Å²) in [6, 6.07) is 7.47. The van der Waals surface area contributed by atoms with E-state index in [1.54, 1.807) is 0 Å². The minimum absolute atomic E-state index is 0.0492. The number of aromatic nitrogens is 2. The average molecular weight is 385 g/mol. The second-order valence-corrected chi connectivity index (χ2v) is 7.31. The van der Waals surface area contributed by atoms with Crippen molar-refractivity contribution in [2.75, 3.05) is 19.8 Å². The third-order valence-corrected chi connectivity index (χ3v) is 5.31. The van der Waals surface area contributed by atoms with Crippen molar-refractivity contribution in [2.45, 2.75) is 46.2 Å². The van der Waals surface area contributed by atoms with E-state index in [1.165, 1.54) is 16.0 Å². The van der Waals surface area contributed by atoms with Crippen LogP contribution >= 0.6 is 0 Å². The lowest BCUT2D eigenvalue weighted by atomic mass is 10.1. The topological polar surface area (TPSA) is 84.7 Å². The van der Waals surface area contributed by atoms with Crippen LogP contribution in [0.1, 0.15) is 34.5 Å². The number of benzene rings is 1. The lowest BCUT2D eigenvalue weighted by Gasteiger charge is -2.32. The van der Waals surface area contributed by atoms with Crippen molar-refractivity contribution in [3.8, 4) is 0 Å². The van der Waals surface area contributed by atoms with Crippen LogP contribution in [-0.2, 0) is 27.3 Å². The fraction of sp³-hybridized carbons (Fsp3) is 0.476. The van der Waals surface area contributed by atoms with Gasteiger partial charge in [0.05, 0.1) is 25.5 Å². The van der Waals surface area contributed by atoms with Crippen molar-refractivity contribution in [1.82, 2.24) is 14.7 Å². The van der Waals surface area contributed by atoms with Crippen LogP contribution in [0, 0.1) is 20.8 Å². The Morgan fingerprint density at radius 1 is 1.21 bits per heavy atom. The predicted molar refractivity (Wildman–Crippen MR) is 104 cm³/mol. The van der Waals surface area contributed by atoms with E-state index in [1.807, 2.05) is 18.5 Å². The standard InChI is InChI=1S/C21H27N3O4/c1-14-4-6-17(7-5-14)12-24-16(3)18(15(2)22-24)8-9-20(25)23-10-11-28-13-19(23)21(26)27/h4-7,19H,8-13H2,1-3H3,(H,26,27)/t19-/m1/s1. The number of carboxylic acid groups (broad SMARTS) is 1. The first kappa shape index (κ1) is 20.1. The van der Waals surface area contributed by atoms with Crippen LogP contribution in [0.5, 0.6) is 0 Å². The first-order valence-corrected chi connectivity index (χ1v) is 9.55. The molecule has 0 aliphatic carbocycles. The van der Waals surface area contributed by atoms with Gasteiger partial charge in [-0.2, -0.15) is 5.10 Å². The number of carbonyl (C=O) groups excluding carboxylic acids is 1. The van der Waals surface area contributed by atoms with E-state index in [9.17, 15) is 14.7 Å². The Morgan fingerprint density at radius 2 is 1.93 bits per heavy atom. The lowest BCUT2D eigenvalue weighted by molar-refractivity contribution is -0.158. The fourth-order valence-corrected chi connectivity index (χ4v) is 3.60. The van der Waals surface area contributed by atoms with Gasteiger partial charge in [-0.1, -0.05) is 29.8 Å². The number of carbonyl (C=O) groups is 2. The van der Waals surface area contributed by atoms with E-state index >= 15 is 0 Å². The van der Waals surface area contributed by atoms with Gasteiger partial charge in [-0.25, -0.2) is 4.79 Å². The molecule has 0 radical (unpaired) electrons. The Kier molecular flexibility index (Phi) is 6.14. The smallest absolute Gasteiger partial charge is 0.328 e. The molecule has 1 aromatic carbocycles. The molecule has 1 atom stereocenters. The van der Waals surface area contributed by atoms with Crippen LogP contribution in [0.4, 0.5) is 0 Å². The zero-order valence-corrected chi connectivity index (χ0v) is 16.6. The maximum absolute atomic E-state index is 12.6. The van der Waals surface area contributed by atoms with Gasteiger partial charge < -0.3 is 14.7 Å². The number of aliphatic carboxylic acids is 1. The number of carboxylic acids is 1. The summed E-state index contributed by atoms with van der Waals surface area (Å²) >= 11 is 0. The molecule has 1 aromatic heterocycles.